The molecule has 3 heteroatoms. The number of phenolic OH excluding ortho intramolecular Hbond substituents is 1. The normalized spacial score (nSPS) is 30.6. The Bertz CT molecular complexity index is 433. The summed E-state index contributed by atoms with van der Waals surface area (Å²) in [6.07, 6.45) is 6.37. The van der Waals surface area contributed by atoms with Crippen molar-refractivity contribution in [1.82, 2.24) is 10.2 Å². The molecular formula is C17H26N2O. The van der Waals surface area contributed by atoms with Crippen molar-refractivity contribution in [2.45, 2.75) is 63.2 Å². The van der Waals surface area contributed by atoms with Gasteiger partial charge in [0, 0.05) is 24.2 Å². The van der Waals surface area contributed by atoms with Crippen LogP contribution in [0.3, 0.4) is 0 Å². The maximum absolute atomic E-state index is 9.45. The van der Waals surface area contributed by atoms with Crippen LogP contribution in [0.1, 0.15) is 50.6 Å². The molecule has 2 fully saturated rings. The van der Waals surface area contributed by atoms with E-state index in [9.17, 15) is 5.11 Å². The smallest absolute Gasteiger partial charge is 0.115 e. The molecule has 3 unspecified atom stereocenters. The summed E-state index contributed by atoms with van der Waals surface area (Å²) in [4.78, 5) is 2.57. The molecular weight excluding hydrogens is 248 g/mol. The van der Waals surface area contributed by atoms with Gasteiger partial charge in [-0.05, 0) is 56.8 Å². The molecule has 2 heterocycles. The SMILES string of the molecule is CCC(c1ccc(O)cc1)N(C)C1CC2CCC(C1)N2. The lowest BCUT2D eigenvalue weighted by Gasteiger charge is -2.40. The van der Waals surface area contributed by atoms with Crippen LogP contribution in [-0.2, 0) is 0 Å². The van der Waals surface area contributed by atoms with Crippen LogP contribution in [0.25, 0.3) is 0 Å². The summed E-state index contributed by atoms with van der Waals surface area (Å²) in [5, 5.41) is 13.2. The Kier molecular flexibility index (Phi) is 3.99. The first-order valence-electron chi connectivity index (χ1n) is 7.94. The van der Waals surface area contributed by atoms with Gasteiger partial charge in [-0.15, -0.1) is 0 Å². The molecule has 0 saturated carbocycles. The lowest BCUT2D eigenvalue weighted by atomic mass is 9.94. The number of aromatic hydroxyl groups is 1. The van der Waals surface area contributed by atoms with Crippen molar-refractivity contribution in [1.29, 1.82) is 0 Å². The molecule has 2 saturated heterocycles. The van der Waals surface area contributed by atoms with Gasteiger partial charge in [0.15, 0.2) is 0 Å². The van der Waals surface area contributed by atoms with Crippen LogP contribution in [-0.4, -0.2) is 35.2 Å². The summed E-state index contributed by atoms with van der Waals surface area (Å²) in [6.45, 7) is 2.25. The number of phenols is 1. The van der Waals surface area contributed by atoms with Gasteiger partial charge in [-0.2, -0.15) is 0 Å². The fraction of sp³-hybridized carbons (Fsp3) is 0.647. The molecule has 2 aliphatic heterocycles. The van der Waals surface area contributed by atoms with E-state index in [4.69, 9.17) is 0 Å². The number of rotatable bonds is 4. The van der Waals surface area contributed by atoms with E-state index in [2.05, 4.69) is 36.3 Å². The zero-order chi connectivity index (χ0) is 14.1. The van der Waals surface area contributed by atoms with Crippen molar-refractivity contribution in [3.8, 4) is 5.75 Å². The Morgan fingerprint density at radius 3 is 2.35 bits per heavy atom. The first kappa shape index (κ1) is 13.9. The van der Waals surface area contributed by atoms with Gasteiger partial charge >= 0.3 is 0 Å². The molecule has 0 amide bonds. The molecule has 1 aromatic carbocycles. The molecule has 3 rings (SSSR count). The second kappa shape index (κ2) is 5.74. The van der Waals surface area contributed by atoms with Crippen molar-refractivity contribution in [3.05, 3.63) is 29.8 Å². The summed E-state index contributed by atoms with van der Waals surface area (Å²) >= 11 is 0. The fourth-order valence-electron chi connectivity index (χ4n) is 4.07. The average Bonchev–Trinajstić information content (AvgIpc) is 2.80. The predicted octanol–water partition coefficient (Wildman–Crippen LogP) is 3.06. The van der Waals surface area contributed by atoms with E-state index in [0.717, 1.165) is 18.5 Å². The molecule has 1 aromatic rings. The van der Waals surface area contributed by atoms with Crippen LogP contribution in [0.5, 0.6) is 5.75 Å². The van der Waals surface area contributed by atoms with Gasteiger partial charge in [-0.3, -0.25) is 4.90 Å². The van der Waals surface area contributed by atoms with E-state index in [1.807, 2.05) is 0 Å². The average molecular weight is 274 g/mol. The molecule has 0 aliphatic carbocycles. The van der Waals surface area contributed by atoms with Crippen molar-refractivity contribution >= 4 is 0 Å². The molecule has 110 valence electrons. The highest BCUT2D eigenvalue weighted by Gasteiger charge is 2.36. The maximum Gasteiger partial charge on any atom is 0.115 e. The quantitative estimate of drug-likeness (QED) is 0.886. The molecule has 20 heavy (non-hydrogen) atoms. The molecule has 0 radical (unpaired) electrons. The zero-order valence-electron chi connectivity index (χ0n) is 12.5. The largest absolute Gasteiger partial charge is 0.508 e. The summed E-state index contributed by atoms with van der Waals surface area (Å²) in [7, 11) is 2.27. The highest BCUT2D eigenvalue weighted by molar-refractivity contribution is 5.28. The highest BCUT2D eigenvalue weighted by atomic mass is 16.3. The Hall–Kier alpha value is -1.06. The highest BCUT2D eigenvalue weighted by Crippen LogP contribution is 2.34. The van der Waals surface area contributed by atoms with Crippen LogP contribution in [0.2, 0.25) is 0 Å². The number of nitrogens with zero attached hydrogens (tertiary/aromatic N) is 1. The lowest BCUT2D eigenvalue weighted by Crippen LogP contribution is -2.47. The predicted molar refractivity (Wildman–Crippen MR) is 81.9 cm³/mol. The van der Waals surface area contributed by atoms with Gasteiger partial charge in [0.2, 0.25) is 0 Å². The third kappa shape index (κ3) is 2.70. The van der Waals surface area contributed by atoms with Gasteiger partial charge in [0.05, 0.1) is 0 Å². The van der Waals surface area contributed by atoms with Crippen LogP contribution < -0.4 is 5.32 Å². The monoisotopic (exact) mass is 274 g/mol. The minimum atomic E-state index is 0.353. The first-order chi connectivity index (χ1) is 9.67. The molecule has 2 N–H and O–H groups in total. The topological polar surface area (TPSA) is 35.5 Å². The van der Waals surface area contributed by atoms with Crippen molar-refractivity contribution in [3.63, 3.8) is 0 Å². The Labute approximate surface area is 122 Å². The number of nitrogens with one attached hydrogen (secondary N) is 1. The second-order valence-electron chi connectivity index (χ2n) is 6.44. The molecule has 3 nitrogen and oxygen atoms in total. The van der Waals surface area contributed by atoms with Gasteiger partial charge in [-0.25, -0.2) is 0 Å². The van der Waals surface area contributed by atoms with E-state index in [1.165, 1.54) is 31.2 Å². The van der Waals surface area contributed by atoms with E-state index < -0.39 is 0 Å². The van der Waals surface area contributed by atoms with Crippen molar-refractivity contribution < 1.29 is 5.11 Å². The molecule has 2 bridgehead atoms. The molecule has 3 atom stereocenters. The van der Waals surface area contributed by atoms with Crippen LogP contribution in [0.4, 0.5) is 0 Å². The van der Waals surface area contributed by atoms with Crippen LogP contribution in [0, 0.1) is 0 Å². The Morgan fingerprint density at radius 1 is 1.20 bits per heavy atom. The third-order valence-corrected chi connectivity index (χ3v) is 5.18. The van der Waals surface area contributed by atoms with Crippen LogP contribution in [0.15, 0.2) is 24.3 Å². The number of fused-ring (bicyclic) bond motifs is 2. The Morgan fingerprint density at radius 2 is 1.80 bits per heavy atom. The minimum absolute atomic E-state index is 0.353. The molecule has 0 spiro atoms. The number of piperidine rings is 1. The Balaban J connectivity index is 1.73. The number of hydrogen-bond donors (Lipinski definition) is 2. The summed E-state index contributed by atoms with van der Waals surface area (Å²) in [5.74, 6) is 0.353. The van der Waals surface area contributed by atoms with E-state index in [1.54, 1.807) is 12.1 Å². The minimum Gasteiger partial charge on any atom is -0.508 e. The van der Waals surface area contributed by atoms with Gasteiger partial charge in [-0.1, -0.05) is 19.1 Å². The summed E-state index contributed by atoms with van der Waals surface area (Å²) < 4.78 is 0. The molecule has 2 aliphatic rings. The number of hydrogen-bond acceptors (Lipinski definition) is 3. The maximum atomic E-state index is 9.45. The van der Waals surface area contributed by atoms with Gasteiger partial charge < -0.3 is 10.4 Å². The van der Waals surface area contributed by atoms with Gasteiger partial charge in [0.1, 0.15) is 5.75 Å². The summed E-state index contributed by atoms with van der Waals surface area (Å²) in [6, 6.07) is 10.4. The van der Waals surface area contributed by atoms with E-state index in [-0.39, 0.29) is 0 Å². The third-order valence-electron chi connectivity index (χ3n) is 5.18. The van der Waals surface area contributed by atoms with Crippen LogP contribution >= 0.6 is 0 Å². The standard InChI is InChI=1S/C17H26N2O/c1-3-17(12-4-8-16(20)9-5-12)19(2)15-10-13-6-7-14(11-15)18-13/h4-5,8-9,13-15,17-18,20H,3,6-7,10-11H2,1-2H3. The van der Waals surface area contributed by atoms with Crippen molar-refractivity contribution in [2.75, 3.05) is 7.05 Å². The van der Waals surface area contributed by atoms with E-state index in [0.29, 0.717) is 17.8 Å². The molecule has 0 aromatic heterocycles. The fourth-order valence-corrected chi connectivity index (χ4v) is 4.07. The second-order valence-corrected chi connectivity index (χ2v) is 6.44. The lowest BCUT2D eigenvalue weighted by molar-refractivity contribution is 0.121. The zero-order valence-corrected chi connectivity index (χ0v) is 12.5. The van der Waals surface area contributed by atoms with Gasteiger partial charge in [0.25, 0.3) is 0 Å². The summed E-state index contributed by atoms with van der Waals surface area (Å²) in [5.41, 5.74) is 1.32. The first-order valence-corrected chi connectivity index (χ1v) is 7.94. The number of benzene rings is 1. The van der Waals surface area contributed by atoms with E-state index >= 15 is 0 Å². The van der Waals surface area contributed by atoms with Crippen molar-refractivity contribution in [2.24, 2.45) is 0 Å².